The van der Waals surface area contributed by atoms with E-state index in [1.807, 2.05) is 30.3 Å². The summed E-state index contributed by atoms with van der Waals surface area (Å²) < 4.78 is 38.2. The minimum Gasteiger partial charge on any atom is -0.383 e. The number of carbonyl (C=O) groups is 1. The zero-order valence-corrected chi connectivity index (χ0v) is 15.3. The predicted molar refractivity (Wildman–Crippen MR) is 98.4 cm³/mol. The van der Waals surface area contributed by atoms with E-state index in [9.17, 15) is 23.1 Å². The number of halogens is 3. The van der Waals surface area contributed by atoms with Crippen molar-refractivity contribution in [2.75, 3.05) is 6.54 Å². The van der Waals surface area contributed by atoms with Gasteiger partial charge in [0.1, 0.15) is 6.10 Å². The third kappa shape index (κ3) is 5.49. The second-order valence-corrected chi connectivity index (χ2v) is 8.28. The monoisotopic (exact) mass is 395 g/mol. The number of aliphatic hydroxyl groups excluding tert-OH is 1. The summed E-state index contributed by atoms with van der Waals surface area (Å²) in [4.78, 5) is 13.3. The Bertz CT molecular complexity index is 791. The first-order valence-corrected chi connectivity index (χ1v) is 9.45. The van der Waals surface area contributed by atoms with Crippen LogP contribution in [0.2, 0.25) is 0 Å². The van der Waals surface area contributed by atoms with Crippen molar-refractivity contribution in [1.82, 2.24) is 5.32 Å². The number of nitrogens with one attached hydrogen (secondary N) is 1. The molecule has 3 nitrogen and oxygen atoms in total. The first-order chi connectivity index (χ1) is 12.8. The minimum absolute atomic E-state index is 0.0626. The lowest BCUT2D eigenvalue weighted by Crippen LogP contribution is -2.40. The van der Waals surface area contributed by atoms with E-state index in [2.05, 4.69) is 5.32 Å². The van der Waals surface area contributed by atoms with Gasteiger partial charge in [0.15, 0.2) is 0 Å². The van der Waals surface area contributed by atoms with Gasteiger partial charge in [-0.3, -0.25) is 4.79 Å². The van der Waals surface area contributed by atoms with Crippen LogP contribution < -0.4 is 5.32 Å². The predicted octanol–water partition coefficient (Wildman–Crippen LogP) is 4.05. The first kappa shape index (κ1) is 19.8. The van der Waals surface area contributed by atoms with Crippen molar-refractivity contribution in [1.29, 1.82) is 0 Å². The highest BCUT2D eigenvalue weighted by Gasteiger charge is 2.44. The fourth-order valence-corrected chi connectivity index (χ4v) is 3.99. The summed E-state index contributed by atoms with van der Waals surface area (Å²) in [6.45, 7) is 0.422. The van der Waals surface area contributed by atoms with E-state index < -0.39 is 23.8 Å². The number of aliphatic hydroxyl groups is 1. The second-order valence-electron chi connectivity index (χ2n) is 6.73. The van der Waals surface area contributed by atoms with E-state index in [1.165, 1.54) is 12.1 Å². The van der Waals surface area contributed by atoms with Crippen molar-refractivity contribution in [3.05, 3.63) is 65.7 Å². The summed E-state index contributed by atoms with van der Waals surface area (Å²) in [5.41, 5.74) is -0.518. The molecule has 0 saturated heterocycles. The number of benzene rings is 2. The standard InChI is InChI=1S/C20H20F3NO2S/c21-20(22,23)15-6-4-5-14(11-15)12-17(25)18(26)24-13-19(9-10-19)27-16-7-2-1-3-8-16/h1-8,11,17,25H,9-10,12-13H2,(H,24,26)/t17-/m0/s1. The van der Waals surface area contributed by atoms with E-state index in [4.69, 9.17) is 0 Å². The molecular weight excluding hydrogens is 375 g/mol. The Morgan fingerprint density at radius 2 is 1.85 bits per heavy atom. The van der Waals surface area contributed by atoms with Crippen LogP contribution in [0.3, 0.4) is 0 Å². The Morgan fingerprint density at radius 1 is 1.15 bits per heavy atom. The highest BCUT2D eigenvalue weighted by Crippen LogP contribution is 2.51. The Kier molecular flexibility index (Phi) is 5.81. The molecule has 2 aromatic carbocycles. The maximum atomic E-state index is 12.8. The van der Waals surface area contributed by atoms with E-state index >= 15 is 0 Å². The smallest absolute Gasteiger partial charge is 0.383 e. The summed E-state index contributed by atoms with van der Waals surface area (Å²) in [6.07, 6.45) is -4.05. The molecule has 0 bridgehead atoms. The van der Waals surface area contributed by atoms with Crippen LogP contribution in [0.15, 0.2) is 59.5 Å². The molecule has 7 heteroatoms. The van der Waals surface area contributed by atoms with Crippen molar-refractivity contribution in [3.63, 3.8) is 0 Å². The van der Waals surface area contributed by atoms with Crippen LogP contribution in [-0.4, -0.2) is 28.4 Å². The van der Waals surface area contributed by atoms with Gasteiger partial charge in [-0.2, -0.15) is 13.2 Å². The van der Waals surface area contributed by atoms with Gasteiger partial charge in [-0.1, -0.05) is 36.4 Å². The summed E-state index contributed by atoms with van der Waals surface area (Å²) in [7, 11) is 0. The van der Waals surface area contributed by atoms with Crippen LogP contribution in [0, 0.1) is 0 Å². The van der Waals surface area contributed by atoms with Crippen LogP contribution in [0.25, 0.3) is 0 Å². The van der Waals surface area contributed by atoms with Gasteiger partial charge in [-0.05, 0) is 36.6 Å². The molecular formula is C20H20F3NO2S. The molecule has 0 radical (unpaired) electrons. The third-order valence-corrected chi connectivity index (χ3v) is 5.95. The molecule has 1 fully saturated rings. The molecule has 1 aliphatic rings. The summed E-state index contributed by atoms with van der Waals surface area (Å²) in [5.74, 6) is -0.563. The third-order valence-electron chi connectivity index (χ3n) is 4.46. The van der Waals surface area contributed by atoms with E-state index in [-0.39, 0.29) is 16.7 Å². The lowest BCUT2D eigenvalue weighted by molar-refractivity contribution is -0.137. The van der Waals surface area contributed by atoms with Gasteiger partial charge < -0.3 is 10.4 Å². The Hall–Kier alpha value is -1.99. The van der Waals surface area contributed by atoms with Crippen LogP contribution in [0.1, 0.15) is 24.0 Å². The highest BCUT2D eigenvalue weighted by molar-refractivity contribution is 8.01. The van der Waals surface area contributed by atoms with Crippen LogP contribution in [0.5, 0.6) is 0 Å². The van der Waals surface area contributed by atoms with Crippen LogP contribution in [-0.2, 0) is 17.4 Å². The number of hydrogen-bond donors (Lipinski definition) is 2. The molecule has 27 heavy (non-hydrogen) atoms. The van der Waals surface area contributed by atoms with Crippen molar-refractivity contribution >= 4 is 17.7 Å². The molecule has 0 aromatic heterocycles. The fraction of sp³-hybridized carbons (Fsp3) is 0.350. The molecule has 0 aliphatic heterocycles. The fourth-order valence-electron chi connectivity index (χ4n) is 2.75. The molecule has 0 spiro atoms. The SMILES string of the molecule is O=C(NCC1(Sc2ccccc2)CC1)[C@@H](O)Cc1cccc(C(F)(F)F)c1. The van der Waals surface area contributed by atoms with Gasteiger partial charge in [0.25, 0.3) is 0 Å². The average molecular weight is 395 g/mol. The van der Waals surface area contributed by atoms with Gasteiger partial charge in [0.2, 0.25) is 5.91 Å². The van der Waals surface area contributed by atoms with E-state index in [0.717, 1.165) is 29.9 Å². The number of thioether (sulfide) groups is 1. The van der Waals surface area contributed by atoms with Gasteiger partial charge in [0.05, 0.1) is 5.56 Å². The van der Waals surface area contributed by atoms with Crippen molar-refractivity contribution in [3.8, 4) is 0 Å². The molecule has 0 heterocycles. The molecule has 144 valence electrons. The van der Waals surface area contributed by atoms with E-state index in [1.54, 1.807) is 11.8 Å². The first-order valence-electron chi connectivity index (χ1n) is 8.63. The number of rotatable bonds is 7. The molecule has 1 amide bonds. The zero-order chi connectivity index (χ0) is 19.5. The Balaban J connectivity index is 1.53. The molecule has 1 atom stereocenters. The lowest BCUT2D eigenvalue weighted by Gasteiger charge is -2.18. The number of carbonyl (C=O) groups excluding carboxylic acids is 1. The highest BCUT2D eigenvalue weighted by atomic mass is 32.2. The van der Waals surface area contributed by atoms with Crippen molar-refractivity contribution in [2.45, 2.75) is 41.2 Å². The van der Waals surface area contributed by atoms with Gasteiger partial charge in [-0.25, -0.2) is 0 Å². The van der Waals surface area contributed by atoms with Crippen LogP contribution in [0.4, 0.5) is 13.2 Å². The maximum absolute atomic E-state index is 12.8. The topological polar surface area (TPSA) is 49.3 Å². The molecule has 2 aromatic rings. The normalized spacial score (nSPS) is 16.6. The average Bonchev–Trinajstić information content (AvgIpc) is 3.40. The Labute approximate surface area is 160 Å². The quantitative estimate of drug-likeness (QED) is 0.744. The van der Waals surface area contributed by atoms with Gasteiger partial charge in [0, 0.05) is 22.6 Å². The molecule has 3 rings (SSSR count). The number of amides is 1. The maximum Gasteiger partial charge on any atom is 0.416 e. The van der Waals surface area contributed by atoms with Crippen molar-refractivity contribution in [2.24, 2.45) is 0 Å². The van der Waals surface area contributed by atoms with Gasteiger partial charge in [-0.15, -0.1) is 11.8 Å². The van der Waals surface area contributed by atoms with Crippen LogP contribution >= 0.6 is 11.8 Å². The van der Waals surface area contributed by atoms with Crippen molar-refractivity contribution < 1.29 is 23.1 Å². The molecule has 1 saturated carbocycles. The molecule has 1 aliphatic carbocycles. The van der Waals surface area contributed by atoms with Gasteiger partial charge >= 0.3 is 6.18 Å². The number of hydrogen-bond acceptors (Lipinski definition) is 3. The molecule has 2 N–H and O–H groups in total. The zero-order valence-electron chi connectivity index (χ0n) is 14.5. The van der Waals surface area contributed by atoms with E-state index in [0.29, 0.717) is 6.54 Å². The Morgan fingerprint density at radius 3 is 2.48 bits per heavy atom. The second kappa shape index (κ2) is 7.94. The minimum atomic E-state index is -4.45. The summed E-state index contributed by atoms with van der Waals surface area (Å²) in [5, 5.41) is 12.8. The lowest BCUT2D eigenvalue weighted by atomic mass is 10.0. The number of alkyl halides is 3. The summed E-state index contributed by atoms with van der Waals surface area (Å²) in [6, 6.07) is 14.5. The molecule has 0 unspecified atom stereocenters. The largest absolute Gasteiger partial charge is 0.416 e. The summed E-state index contributed by atoms with van der Waals surface area (Å²) >= 11 is 1.70.